The minimum absolute atomic E-state index is 0.0871. The number of para-hydroxylation sites is 1. The Hall–Kier alpha value is -2.54. The summed E-state index contributed by atoms with van der Waals surface area (Å²) in [6.45, 7) is 2.79. The van der Waals surface area contributed by atoms with Gasteiger partial charge >= 0.3 is 5.97 Å². The third kappa shape index (κ3) is 3.71. The Bertz CT molecular complexity index is 822. The number of methoxy groups -OCH3 is 1. The first kappa shape index (κ1) is 19.8. The van der Waals surface area contributed by atoms with E-state index in [9.17, 15) is 9.59 Å². The Balaban J connectivity index is 1.85. The molecule has 29 heavy (non-hydrogen) atoms. The van der Waals surface area contributed by atoms with Gasteiger partial charge in [-0.1, -0.05) is 31.0 Å². The van der Waals surface area contributed by atoms with Gasteiger partial charge in [0.05, 0.1) is 38.4 Å². The molecule has 1 amide bonds. The number of benzene rings is 1. The highest BCUT2D eigenvalue weighted by atomic mass is 16.5. The average molecular weight is 399 g/mol. The van der Waals surface area contributed by atoms with E-state index < -0.39 is 0 Å². The SMILES string of the molecule is CCOC(=O)CN1[C@@H]2CCCC[C@H]2NC2=C(C(=O)NC2)[C@H]1c1ccccc1OC. The van der Waals surface area contributed by atoms with E-state index in [1.165, 1.54) is 0 Å². The summed E-state index contributed by atoms with van der Waals surface area (Å²) in [6, 6.07) is 7.73. The minimum Gasteiger partial charge on any atom is -0.496 e. The molecular weight excluding hydrogens is 370 g/mol. The number of hydrogen-bond donors (Lipinski definition) is 2. The fourth-order valence-corrected chi connectivity index (χ4v) is 4.96. The number of rotatable bonds is 5. The molecule has 4 rings (SSSR count). The average Bonchev–Trinajstić information content (AvgIpc) is 3.01. The van der Waals surface area contributed by atoms with Gasteiger partial charge in [0.25, 0.3) is 5.91 Å². The van der Waals surface area contributed by atoms with Crippen molar-refractivity contribution in [1.29, 1.82) is 0 Å². The second-order valence-electron chi connectivity index (χ2n) is 7.80. The Kier molecular flexibility index (Phi) is 5.76. The number of ether oxygens (including phenoxy) is 2. The van der Waals surface area contributed by atoms with Crippen LogP contribution in [-0.4, -0.2) is 55.7 Å². The number of esters is 1. The van der Waals surface area contributed by atoms with Gasteiger partial charge in [0.15, 0.2) is 0 Å². The molecule has 0 radical (unpaired) electrons. The van der Waals surface area contributed by atoms with E-state index in [1.54, 1.807) is 7.11 Å². The van der Waals surface area contributed by atoms with Gasteiger partial charge in [0.2, 0.25) is 0 Å². The fraction of sp³-hybridized carbons (Fsp3) is 0.545. The molecular formula is C22H29N3O4. The molecule has 1 saturated carbocycles. The normalized spacial score (nSPS) is 26.7. The van der Waals surface area contributed by atoms with E-state index in [0.717, 1.165) is 36.9 Å². The van der Waals surface area contributed by atoms with E-state index in [4.69, 9.17) is 9.47 Å². The molecule has 1 aliphatic carbocycles. The van der Waals surface area contributed by atoms with Gasteiger partial charge in [-0.25, -0.2) is 0 Å². The summed E-state index contributed by atoms with van der Waals surface area (Å²) >= 11 is 0. The summed E-state index contributed by atoms with van der Waals surface area (Å²) < 4.78 is 10.9. The maximum Gasteiger partial charge on any atom is 0.320 e. The van der Waals surface area contributed by atoms with Crippen molar-refractivity contribution >= 4 is 11.9 Å². The highest BCUT2D eigenvalue weighted by Gasteiger charge is 2.45. The van der Waals surface area contributed by atoms with Crippen LogP contribution < -0.4 is 15.4 Å². The van der Waals surface area contributed by atoms with Crippen molar-refractivity contribution in [2.75, 3.05) is 26.8 Å². The van der Waals surface area contributed by atoms with Gasteiger partial charge in [-0.3, -0.25) is 14.5 Å². The van der Waals surface area contributed by atoms with Crippen molar-refractivity contribution in [1.82, 2.24) is 15.5 Å². The highest BCUT2D eigenvalue weighted by molar-refractivity contribution is 5.98. The van der Waals surface area contributed by atoms with Crippen molar-refractivity contribution in [3.05, 3.63) is 41.1 Å². The standard InChI is InChI=1S/C22H29N3O4/c1-3-29-19(26)13-25-17-10-6-5-9-15(17)24-16-12-23-22(27)20(16)21(25)14-8-4-7-11-18(14)28-2/h4,7-8,11,15,17,21,24H,3,5-6,9-10,12-13H2,1-2H3,(H,23,27)/t15-,17-,21-/m1/s1. The molecule has 0 saturated heterocycles. The Morgan fingerprint density at radius 3 is 2.83 bits per heavy atom. The summed E-state index contributed by atoms with van der Waals surface area (Å²) in [5, 5.41) is 6.61. The van der Waals surface area contributed by atoms with Crippen LogP contribution in [0.15, 0.2) is 35.5 Å². The Morgan fingerprint density at radius 2 is 2.03 bits per heavy atom. The first-order valence-corrected chi connectivity index (χ1v) is 10.5. The molecule has 2 aliphatic heterocycles. The number of carbonyl (C=O) groups excluding carboxylic acids is 2. The second kappa shape index (κ2) is 8.45. The van der Waals surface area contributed by atoms with Gasteiger partial charge < -0.3 is 20.1 Å². The summed E-state index contributed by atoms with van der Waals surface area (Å²) in [7, 11) is 1.64. The number of amides is 1. The molecule has 2 N–H and O–H groups in total. The van der Waals surface area contributed by atoms with Crippen LogP contribution >= 0.6 is 0 Å². The number of nitrogens with zero attached hydrogens (tertiary/aromatic N) is 1. The predicted molar refractivity (Wildman–Crippen MR) is 108 cm³/mol. The predicted octanol–water partition coefficient (Wildman–Crippen LogP) is 1.90. The smallest absolute Gasteiger partial charge is 0.320 e. The summed E-state index contributed by atoms with van der Waals surface area (Å²) in [5.74, 6) is 0.363. The van der Waals surface area contributed by atoms with Crippen LogP contribution in [0.1, 0.15) is 44.2 Å². The summed E-state index contributed by atoms with van der Waals surface area (Å²) in [4.78, 5) is 27.7. The Morgan fingerprint density at radius 1 is 1.24 bits per heavy atom. The molecule has 0 unspecified atom stereocenters. The molecule has 1 fully saturated rings. The molecule has 3 aliphatic rings. The summed E-state index contributed by atoms with van der Waals surface area (Å²) in [5.41, 5.74) is 2.53. The molecule has 1 aromatic carbocycles. The molecule has 0 spiro atoms. The molecule has 2 heterocycles. The van der Waals surface area contributed by atoms with Crippen LogP contribution in [0.3, 0.4) is 0 Å². The third-order valence-corrected chi connectivity index (χ3v) is 6.17. The van der Waals surface area contributed by atoms with Gasteiger partial charge in [0.1, 0.15) is 5.75 Å². The topological polar surface area (TPSA) is 79.9 Å². The maximum absolute atomic E-state index is 12.9. The monoisotopic (exact) mass is 399 g/mol. The molecule has 156 valence electrons. The Labute approximate surface area is 171 Å². The third-order valence-electron chi connectivity index (χ3n) is 6.17. The number of nitrogens with one attached hydrogen (secondary N) is 2. The molecule has 3 atom stereocenters. The number of hydrogen-bond acceptors (Lipinski definition) is 6. The number of carbonyl (C=O) groups is 2. The first-order chi connectivity index (χ1) is 14.1. The van der Waals surface area contributed by atoms with Crippen molar-refractivity contribution in [3.63, 3.8) is 0 Å². The first-order valence-electron chi connectivity index (χ1n) is 10.5. The van der Waals surface area contributed by atoms with Crippen LogP contribution in [0.4, 0.5) is 0 Å². The lowest BCUT2D eigenvalue weighted by molar-refractivity contribution is -0.146. The second-order valence-corrected chi connectivity index (χ2v) is 7.80. The molecule has 1 aromatic rings. The van der Waals surface area contributed by atoms with Gasteiger partial charge in [-0.05, 0) is 25.8 Å². The van der Waals surface area contributed by atoms with E-state index in [2.05, 4.69) is 15.5 Å². The van der Waals surface area contributed by atoms with E-state index in [0.29, 0.717) is 24.5 Å². The van der Waals surface area contributed by atoms with Gasteiger partial charge in [-0.15, -0.1) is 0 Å². The van der Waals surface area contributed by atoms with E-state index >= 15 is 0 Å². The fourth-order valence-electron chi connectivity index (χ4n) is 4.96. The molecule has 0 aromatic heterocycles. The van der Waals surface area contributed by atoms with Crippen molar-refractivity contribution < 1.29 is 19.1 Å². The van der Waals surface area contributed by atoms with Gasteiger partial charge in [0, 0.05) is 23.3 Å². The lowest BCUT2D eigenvalue weighted by Crippen LogP contribution is -2.53. The maximum atomic E-state index is 12.9. The van der Waals surface area contributed by atoms with Gasteiger partial charge in [-0.2, -0.15) is 0 Å². The van der Waals surface area contributed by atoms with E-state index in [1.807, 2.05) is 31.2 Å². The quantitative estimate of drug-likeness (QED) is 0.737. The summed E-state index contributed by atoms with van der Waals surface area (Å²) in [6.07, 6.45) is 4.25. The van der Waals surface area contributed by atoms with Crippen molar-refractivity contribution in [3.8, 4) is 5.75 Å². The zero-order valence-corrected chi connectivity index (χ0v) is 17.1. The van der Waals surface area contributed by atoms with Crippen LogP contribution in [-0.2, 0) is 14.3 Å². The number of fused-ring (bicyclic) bond motifs is 1. The van der Waals surface area contributed by atoms with Crippen LogP contribution in [0.5, 0.6) is 5.75 Å². The van der Waals surface area contributed by atoms with Crippen LogP contribution in [0, 0.1) is 0 Å². The van der Waals surface area contributed by atoms with Crippen LogP contribution in [0.2, 0.25) is 0 Å². The molecule has 7 nitrogen and oxygen atoms in total. The molecule has 7 heteroatoms. The van der Waals surface area contributed by atoms with Crippen LogP contribution in [0.25, 0.3) is 0 Å². The zero-order chi connectivity index (χ0) is 20.4. The molecule has 0 bridgehead atoms. The lowest BCUT2D eigenvalue weighted by Gasteiger charge is -2.42. The van der Waals surface area contributed by atoms with Crippen molar-refractivity contribution in [2.24, 2.45) is 0 Å². The minimum atomic E-state index is -0.367. The highest BCUT2D eigenvalue weighted by Crippen LogP contribution is 2.42. The largest absolute Gasteiger partial charge is 0.496 e. The lowest BCUT2D eigenvalue weighted by atomic mass is 9.87. The van der Waals surface area contributed by atoms with E-state index in [-0.39, 0.29) is 36.5 Å². The zero-order valence-electron chi connectivity index (χ0n) is 17.1. The van der Waals surface area contributed by atoms with Crippen molar-refractivity contribution in [2.45, 2.75) is 50.7 Å².